The Morgan fingerprint density at radius 1 is 1.17 bits per heavy atom. The predicted molar refractivity (Wildman–Crippen MR) is 35.6 cm³/mol. The summed E-state index contributed by atoms with van der Waals surface area (Å²) in [6, 6.07) is 0. The van der Waals surface area contributed by atoms with Gasteiger partial charge in [0, 0.05) is 0 Å². The Kier molecular flexibility index (Phi) is 15.7. The van der Waals surface area contributed by atoms with E-state index in [1.165, 1.54) is 0 Å². The molecule has 0 saturated heterocycles. The fourth-order valence-electron chi connectivity index (χ4n) is 0.0577. The first-order valence-corrected chi connectivity index (χ1v) is 4.05. The number of aliphatic hydroxyl groups is 3. The molecule has 12 heavy (non-hydrogen) atoms. The van der Waals surface area contributed by atoms with Crippen molar-refractivity contribution >= 4 is 7.82 Å². The van der Waals surface area contributed by atoms with E-state index in [0.29, 0.717) is 0 Å². The standard InChI is InChI=1S/C3H8O3.Na.H3O4P.H/c4-1-3(6)2-5;;1-5(2,3)4;/h3-6H,1-2H2;;(H3,1,2,3,4);/q;+1;;-1. The maximum Gasteiger partial charge on any atom is 1.00 e. The maximum atomic E-state index is 8.88. The van der Waals surface area contributed by atoms with Gasteiger partial charge in [-0.3, -0.25) is 0 Å². The molecule has 0 unspecified atom stereocenters. The topological polar surface area (TPSA) is 138 Å². The van der Waals surface area contributed by atoms with Crippen LogP contribution in [0.15, 0.2) is 0 Å². The molecule has 0 bridgehead atoms. The first kappa shape index (κ1) is 18.7. The van der Waals surface area contributed by atoms with Gasteiger partial charge < -0.3 is 31.4 Å². The monoisotopic (exact) mass is 214 g/mol. The summed E-state index contributed by atoms with van der Waals surface area (Å²) in [5, 5.41) is 24.0. The molecule has 0 spiro atoms. The molecule has 0 aromatic rings. The molecule has 0 heterocycles. The van der Waals surface area contributed by atoms with Crippen molar-refractivity contribution in [2.45, 2.75) is 6.10 Å². The third-order valence-electron chi connectivity index (χ3n) is 0.421. The SMILES string of the molecule is O=P(O)(O)O.OCC(O)CO.[H-].[Na+]. The Morgan fingerprint density at radius 2 is 1.33 bits per heavy atom. The zero-order valence-electron chi connectivity index (χ0n) is 7.53. The van der Waals surface area contributed by atoms with Gasteiger partial charge in [0.25, 0.3) is 0 Å². The molecule has 0 radical (unpaired) electrons. The summed E-state index contributed by atoms with van der Waals surface area (Å²) in [7, 11) is -4.64. The van der Waals surface area contributed by atoms with E-state index in [9.17, 15) is 0 Å². The summed E-state index contributed by atoms with van der Waals surface area (Å²) in [5.41, 5.74) is 0. The third-order valence-corrected chi connectivity index (χ3v) is 0.421. The Balaban J connectivity index is -0.0000000546. The van der Waals surface area contributed by atoms with E-state index in [4.69, 9.17) is 34.6 Å². The van der Waals surface area contributed by atoms with Crippen molar-refractivity contribution < 1.29 is 65.5 Å². The van der Waals surface area contributed by atoms with E-state index in [2.05, 4.69) is 0 Å². The number of hydrogen-bond acceptors (Lipinski definition) is 4. The average Bonchev–Trinajstić information content (AvgIpc) is 1.83. The molecule has 72 valence electrons. The second kappa shape index (κ2) is 10.1. The van der Waals surface area contributed by atoms with Crippen molar-refractivity contribution in [2.75, 3.05) is 13.2 Å². The Labute approximate surface area is 92.7 Å². The van der Waals surface area contributed by atoms with Crippen LogP contribution in [-0.2, 0) is 4.57 Å². The fraction of sp³-hybridized carbons (Fsp3) is 1.00. The summed E-state index contributed by atoms with van der Waals surface area (Å²) < 4.78 is 8.88. The van der Waals surface area contributed by atoms with Crippen LogP contribution in [0.4, 0.5) is 0 Å². The number of rotatable bonds is 2. The Bertz CT molecular complexity index is 117. The van der Waals surface area contributed by atoms with Crippen LogP contribution in [0.1, 0.15) is 1.43 Å². The van der Waals surface area contributed by atoms with Gasteiger partial charge in [0.15, 0.2) is 0 Å². The van der Waals surface area contributed by atoms with Crippen LogP contribution in [-0.4, -0.2) is 49.3 Å². The minimum absolute atomic E-state index is 0. The zero-order valence-corrected chi connectivity index (χ0v) is 9.42. The minimum Gasteiger partial charge on any atom is -1.00 e. The fourth-order valence-corrected chi connectivity index (χ4v) is 0.0577. The maximum absolute atomic E-state index is 8.88. The van der Waals surface area contributed by atoms with Crippen molar-refractivity contribution in [1.82, 2.24) is 0 Å². The van der Waals surface area contributed by atoms with Gasteiger partial charge in [-0.15, -0.1) is 0 Å². The summed E-state index contributed by atoms with van der Waals surface area (Å²) >= 11 is 0. The van der Waals surface area contributed by atoms with Gasteiger partial charge in [-0.2, -0.15) is 0 Å². The van der Waals surface area contributed by atoms with Crippen molar-refractivity contribution in [3.63, 3.8) is 0 Å². The number of phosphoric acid groups is 1. The molecule has 0 aliphatic rings. The van der Waals surface area contributed by atoms with Gasteiger partial charge in [0.1, 0.15) is 6.10 Å². The largest absolute Gasteiger partial charge is 1.00 e. The normalized spacial score (nSPS) is 9.92. The second-order valence-electron chi connectivity index (χ2n) is 1.53. The van der Waals surface area contributed by atoms with Crippen LogP contribution in [0.3, 0.4) is 0 Å². The second-order valence-corrected chi connectivity index (χ2v) is 2.56. The van der Waals surface area contributed by atoms with Crippen LogP contribution in [0, 0.1) is 0 Å². The molecule has 0 aromatic heterocycles. The van der Waals surface area contributed by atoms with E-state index >= 15 is 0 Å². The van der Waals surface area contributed by atoms with E-state index in [-0.39, 0.29) is 44.2 Å². The smallest absolute Gasteiger partial charge is 1.00 e. The van der Waals surface area contributed by atoms with Crippen molar-refractivity contribution in [1.29, 1.82) is 0 Å². The number of hydrogen-bond donors (Lipinski definition) is 6. The molecule has 6 N–H and O–H groups in total. The summed E-state index contributed by atoms with van der Waals surface area (Å²) in [6.45, 7) is -0.729. The Morgan fingerprint density at radius 3 is 1.33 bits per heavy atom. The van der Waals surface area contributed by atoms with Gasteiger partial charge in [-0.25, -0.2) is 4.57 Å². The van der Waals surface area contributed by atoms with E-state index in [1.807, 2.05) is 0 Å². The van der Waals surface area contributed by atoms with Crippen LogP contribution in [0.2, 0.25) is 0 Å². The van der Waals surface area contributed by atoms with E-state index in [1.54, 1.807) is 0 Å². The molecule has 0 atom stereocenters. The predicted octanol–water partition coefficient (Wildman–Crippen LogP) is -5.48. The summed E-state index contributed by atoms with van der Waals surface area (Å²) in [4.78, 5) is 21.6. The van der Waals surface area contributed by atoms with Gasteiger partial charge in [0.2, 0.25) is 0 Å². The zero-order chi connectivity index (χ0) is 9.49. The Hall–Kier alpha value is 0.990. The van der Waals surface area contributed by atoms with Crippen LogP contribution < -0.4 is 29.6 Å². The third kappa shape index (κ3) is 44.0. The van der Waals surface area contributed by atoms with Gasteiger partial charge >= 0.3 is 37.4 Å². The quantitative estimate of drug-likeness (QED) is 0.199. The van der Waals surface area contributed by atoms with Gasteiger partial charge in [0.05, 0.1) is 13.2 Å². The molecular weight excluding hydrogens is 202 g/mol. The first-order valence-electron chi connectivity index (χ1n) is 2.49. The van der Waals surface area contributed by atoms with Crippen LogP contribution in [0.25, 0.3) is 0 Å². The average molecular weight is 214 g/mol. The molecule has 0 aliphatic carbocycles. The molecule has 0 aromatic carbocycles. The molecular formula is C3H12NaO7P. The van der Waals surface area contributed by atoms with E-state index < -0.39 is 13.9 Å². The summed E-state index contributed by atoms with van der Waals surface area (Å²) in [6.07, 6.45) is -0.954. The van der Waals surface area contributed by atoms with Gasteiger partial charge in [-0.05, 0) is 0 Å². The number of aliphatic hydroxyl groups excluding tert-OH is 3. The van der Waals surface area contributed by atoms with Crippen molar-refractivity contribution in [3.8, 4) is 0 Å². The molecule has 0 aliphatic heterocycles. The van der Waals surface area contributed by atoms with Crippen LogP contribution in [0.5, 0.6) is 0 Å². The van der Waals surface area contributed by atoms with Crippen LogP contribution >= 0.6 is 7.82 Å². The minimum atomic E-state index is -4.64. The first-order chi connectivity index (χ1) is 4.81. The molecule has 0 amide bonds. The van der Waals surface area contributed by atoms with Crippen molar-refractivity contribution in [2.24, 2.45) is 0 Å². The molecule has 7 nitrogen and oxygen atoms in total. The molecule has 0 saturated carbocycles. The van der Waals surface area contributed by atoms with Crippen molar-refractivity contribution in [3.05, 3.63) is 0 Å². The van der Waals surface area contributed by atoms with E-state index in [0.717, 1.165) is 0 Å². The summed E-state index contributed by atoms with van der Waals surface area (Å²) in [5.74, 6) is 0. The molecule has 0 fully saturated rings. The molecule has 0 rings (SSSR count). The molecule has 9 heteroatoms. The van der Waals surface area contributed by atoms with Gasteiger partial charge in [-0.1, -0.05) is 0 Å².